The maximum atomic E-state index is 12.5. The number of hydrogen-bond acceptors (Lipinski definition) is 13. The standard InChI is InChI=1S/C36H53NO13/c1-3-4-12-23-13-10-8-6-5-7-9-11-14-24(48-35-33(42)31(37)32(41)21(2)46-35)18-28-30(34(43)44)25(39)20-36(45,50-28)19-22(38)17-27-26(49-27)15-16-29(40)47-23/h5-11,14-16,21-28,30-33,35,38-39,41-42,45H,3-4,12-13,17-20,37H2,1-2H3,(H,43,44)/b6-5-,9-7+,10-8+,14-11+,16-15+/t21-,22?,23?,24?,25?,26?,27?,28?,30?,31-,32-,33-,35+,36?/m1/s1. The summed E-state index contributed by atoms with van der Waals surface area (Å²) in [6.45, 7) is 3.64. The highest BCUT2D eigenvalue weighted by Crippen LogP contribution is 2.39. The van der Waals surface area contributed by atoms with E-state index in [1.165, 1.54) is 6.08 Å². The number of carboxylic acids is 1. The van der Waals surface area contributed by atoms with Crippen LogP contribution in [0, 0.1) is 5.92 Å². The van der Waals surface area contributed by atoms with E-state index in [-0.39, 0.29) is 25.4 Å². The second-order valence-corrected chi connectivity index (χ2v) is 13.5. The first-order chi connectivity index (χ1) is 23.8. The van der Waals surface area contributed by atoms with Gasteiger partial charge in [0.2, 0.25) is 0 Å². The molecule has 2 bridgehead atoms. The number of rotatable bonds is 6. The van der Waals surface area contributed by atoms with Gasteiger partial charge in [0.25, 0.3) is 0 Å². The first-order valence-corrected chi connectivity index (χ1v) is 17.4. The third kappa shape index (κ3) is 11.6. The molecule has 3 saturated heterocycles. The highest BCUT2D eigenvalue weighted by Gasteiger charge is 2.51. The fraction of sp³-hybridized carbons (Fsp3) is 0.667. The van der Waals surface area contributed by atoms with Crippen molar-refractivity contribution in [2.75, 3.05) is 0 Å². The molecular weight excluding hydrogens is 654 g/mol. The van der Waals surface area contributed by atoms with Crippen LogP contribution in [0.2, 0.25) is 0 Å². The molecule has 4 rings (SSSR count). The summed E-state index contributed by atoms with van der Waals surface area (Å²) in [5.41, 5.74) is 6.00. The lowest BCUT2D eigenvalue weighted by Crippen LogP contribution is -2.61. The molecule has 0 aromatic heterocycles. The topological polar surface area (TPSA) is 231 Å². The summed E-state index contributed by atoms with van der Waals surface area (Å²) in [4.78, 5) is 24.8. The van der Waals surface area contributed by atoms with E-state index in [1.807, 2.05) is 18.2 Å². The van der Waals surface area contributed by atoms with Crippen molar-refractivity contribution in [3.8, 4) is 0 Å². The molecule has 0 aromatic carbocycles. The summed E-state index contributed by atoms with van der Waals surface area (Å²) in [6.07, 6.45) is 8.24. The van der Waals surface area contributed by atoms with Crippen molar-refractivity contribution in [2.24, 2.45) is 11.7 Å². The zero-order valence-corrected chi connectivity index (χ0v) is 28.6. The van der Waals surface area contributed by atoms with Crippen LogP contribution < -0.4 is 5.73 Å². The highest BCUT2D eigenvalue weighted by atomic mass is 16.7. The van der Waals surface area contributed by atoms with Gasteiger partial charge in [0.15, 0.2) is 12.1 Å². The van der Waals surface area contributed by atoms with Gasteiger partial charge in [-0.15, -0.1) is 0 Å². The number of aliphatic hydroxyl groups is 5. The van der Waals surface area contributed by atoms with Crippen LogP contribution >= 0.6 is 0 Å². The number of carbonyl (C=O) groups is 2. The lowest BCUT2D eigenvalue weighted by Gasteiger charge is -2.45. The first-order valence-electron chi connectivity index (χ1n) is 17.4. The molecule has 0 spiro atoms. The number of fused-ring (bicyclic) bond motifs is 3. The number of hydrogen-bond donors (Lipinski definition) is 7. The van der Waals surface area contributed by atoms with E-state index in [0.29, 0.717) is 6.42 Å². The third-order valence-corrected chi connectivity index (χ3v) is 9.35. The summed E-state index contributed by atoms with van der Waals surface area (Å²) >= 11 is 0. The van der Waals surface area contributed by atoms with E-state index < -0.39 is 97.3 Å². The van der Waals surface area contributed by atoms with Crippen LogP contribution in [0.5, 0.6) is 0 Å². The van der Waals surface area contributed by atoms with Crippen molar-refractivity contribution in [1.82, 2.24) is 0 Å². The Morgan fingerprint density at radius 1 is 0.980 bits per heavy atom. The Labute approximate surface area is 292 Å². The molecule has 14 nitrogen and oxygen atoms in total. The van der Waals surface area contributed by atoms with Crippen LogP contribution in [0.25, 0.3) is 0 Å². The molecule has 280 valence electrons. The van der Waals surface area contributed by atoms with Crippen LogP contribution in [-0.4, -0.2) is 122 Å². The fourth-order valence-corrected chi connectivity index (χ4v) is 6.54. The van der Waals surface area contributed by atoms with Crippen molar-refractivity contribution in [3.63, 3.8) is 0 Å². The predicted octanol–water partition coefficient (Wildman–Crippen LogP) is 1.29. The Balaban J connectivity index is 1.58. The average molecular weight is 708 g/mol. The summed E-state index contributed by atoms with van der Waals surface area (Å²) in [5, 5.41) is 64.2. The molecule has 0 saturated carbocycles. The van der Waals surface area contributed by atoms with Gasteiger partial charge in [-0.2, -0.15) is 0 Å². The summed E-state index contributed by atoms with van der Waals surface area (Å²) in [7, 11) is 0. The predicted molar refractivity (Wildman–Crippen MR) is 179 cm³/mol. The number of carboxylic acid groups (broad SMARTS) is 1. The normalized spacial score (nSPS) is 45.1. The maximum absolute atomic E-state index is 12.5. The smallest absolute Gasteiger partial charge is 0.330 e. The molecule has 4 heterocycles. The molecule has 4 aliphatic rings. The van der Waals surface area contributed by atoms with E-state index in [9.17, 15) is 40.2 Å². The number of epoxide rings is 1. The van der Waals surface area contributed by atoms with E-state index in [4.69, 9.17) is 29.4 Å². The summed E-state index contributed by atoms with van der Waals surface area (Å²) < 4.78 is 29.0. The molecule has 8 N–H and O–H groups in total. The molecular formula is C36H53NO13. The SMILES string of the molecule is CCCCC1C/C=C/C=C\C=C\C=C\C(O[C@@H]2O[C@H](C)[C@@H](O)[C@@H](N)[C@H]2O)CC2OC(O)(CC(O)CC3OC3/C=C/C(=O)O1)CC(O)C2C(=O)O. The van der Waals surface area contributed by atoms with Crippen molar-refractivity contribution in [2.45, 2.75) is 144 Å². The van der Waals surface area contributed by atoms with Crippen molar-refractivity contribution >= 4 is 11.9 Å². The van der Waals surface area contributed by atoms with Gasteiger partial charge in [0.1, 0.15) is 24.2 Å². The molecule has 14 heteroatoms. The number of unbranched alkanes of at least 4 members (excludes halogenated alkanes) is 1. The van der Waals surface area contributed by atoms with Crippen molar-refractivity contribution in [1.29, 1.82) is 0 Å². The number of carbonyl (C=O) groups excluding carboxylic acids is 1. The number of allylic oxidation sites excluding steroid dienone is 6. The molecule has 0 radical (unpaired) electrons. The minimum Gasteiger partial charge on any atom is -0.481 e. The molecule has 4 aliphatic heterocycles. The minimum atomic E-state index is -2.10. The van der Waals surface area contributed by atoms with Crippen LogP contribution in [0.4, 0.5) is 0 Å². The zero-order chi connectivity index (χ0) is 36.4. The number of aliphatic hydroxyl groups excluding tert-OH is 4. The molecule has 0 amide bonds. The van der Waals surface area contributed by atoms with Crippen LogP contribution in [0.15, 0.2) is 60.8 Å². The quantitative estimate of drug-likeness (QED) is 0.152. The van der Waals surface area contributed by atoms with Gasteiger partial charge in [-0.3, -0.25) is 4.79 Å². The van der Waals surface area contributed by atoms with Gasteiger partial charge in [0, 0.05) is 38.2 Å². The van der Waals surface area contributed by atoms with Gasteiger partial charge in [-0.25, -0.2) is 4.79 Å². The molecule has 3 fully saturated rings. The maximum Gasteiger partial charge on any atom is 0.330 e. The Morgan fingerprint density at radius 3 is 2.42 bits per heavy atom. The third-order valence-electron chi connectivity index (χ3n) is 9.35. The van der Waals surface area contributed by atoms with Crippen molar-refractivity contribution < 1.29 is 63.9 Å². The van der Waals surface area contributed by atoms with Crippen LogP contribution in [0.1, 0.15) is 65.2 Å². The summed E-state index contributed by atoms with van der Waals surface area (Å²) in [6, 6.07) is -1.08. The number of ether oxygens (including phenoxy) is 5. The molecule has 50 heavy (non-hydrogen) atoms. The lowest BCUT2D eigenvalue weighted by molar-refractivity contribution is -0.308. The van der Waals surface area contributed by atoms with Gasteiger partial charge in [-0.05, 0) is 19.4 Å². The number of aliphatic carboxylic acids is 1. The largest absolute Gasteiger partial charge is 0.481 e. The molecule has 9 unspecified atom stereocenters. The first kappa shape index (κ1) is 40.0. The molecule has 0 aromatic rings. The van der Waals surface area contributed by atoms with Gasteiger partial charge >= 0.3 is 11.9 Å². The van der Waals surface area contributed by atoms with Gasteiger partial charge in [0.05, 0.1) is 48.8 Å². The van der Waals surface area contributed by atoms with Gasteiger partial charge in [-0.1, -0.05) is 68.4 Å². The fourth-order valence-electron chi connectivity index (χ4n) is 6.54. The molecule has 0 aliphatic carbocycles. The second-order valence-electron chi connectivity index (χ2n) is 13.5. The zero-order valence-electron chi connectivity index (χ0n) is 28.6. The van der Waals surface area contributed by atoms with Crippen LogP contribution in [0.3, 0.4) is 0 Å². The molecule has 14 atom stereocenters. The van der Waals surface area contributed by atoms with E-state index in [1.54, 1.807) is 43.4 Å². The second kappa shape index (κ2) is 18.6. The Bertz CT molecular complexity index is 1270. The number of nitrogens with two attached hydrogens (primary N) is 1. The van der Waals surface area contributed by atoms with E-state index in [2.05, 4.69) is 6.92 Å². The minimum absolute atomic E-state index is 0.0816. The van der Waals surface area contributed by atoms with E-state index in [0.717, 1.165) is 19.3 Å². The van der Waals surface area contributed by atoms with E-state index >= 15 is 0 Å². The van der Waals surface area contributed by atoms with Crippen LogP contribution in [-0.2, 0) is 33.3 Å². The Morgan fingerprint density at radius 2 is 1.70 bits per heavy atom. The number of cyclic esters (lactones) is 1. The number of esters is 1. The van der Waals surface area contributed by atoms with Gasteiger partial charge < -0.3 is 60.1 Å². The average Bonchev–Trinajstić information content (AvgIpc) is 3.78. The summed E-state index contributed by atoms with van der Waals surface area (Å²) in [5.74, 6) is -5.41. The lowest BCUT2D eigenvalue weighted by atomic mass is 9.83. The monoisotopic (exact) mass is 707 g/mol. The van der Waals surface area contributed by atoms with Crippen molar-refractivity contribution in [3.05, 3.63) is 60.8 Å². The Hall–Kier alpha value is -2.76. The highest BCUT2D eigenvalue weighted by molar-refractivity contribution is 5.82. The Kier molecular flexibility index (Phi) is 14.9.